The zero-order valence-electron chi connectivity index (χ0n) is 11.7. The number of rotatable bonds is 1. The molecule has 4 aliphatic carbocycles. The number of benzene rings is 2. The lowest BCUT2D eigenvalue weighted by Gasteiger charge is -2.13. The molecule has 0 spiro atoms. The minimum Gasteiger partial charge on any atom is -0.115 e. The van der Waals surface area contributed by atoms with Crippen LogP contribution in [0.25, 0.3) is 6.08 Å². The lowest BCUT2D eigenvalue weighted by atomic mass is 9.91. The molecule has 0 amide bonds. The van der Waals surface area contributed by atoms with Crippen LogP contribution in [0.2, 0.25) is 0 Å². The molecule has 0 nitrogen and oxygen atoms in total. The molecule has 2 aromatic carbocycles. The normalized spacial score (nSPS) is 13.3. The summed E-state index contributed by atoms with van der Waals surface area (Å²) in [6.45, 7) is 3.94. The van der Waals surface area contributed by atoms with Gasteiger partial charge in [-0.3, -0.25) is 0 Å². The van der Waals surface area contributed by atoms with E-state index >= 15 is 0 Å². The molecule has 4 bridgehead atoms. The van der Waals surface area contributed by atoms with E-state index in [4.69, 9.17) is 6.42 Å². The maximum atomic E-state index is 5.66. The largest absolute Gasteiger partial charge is 0.115 e. The van der Waals surface area contributed by atoms with Crippen LogP contribution in [0.15, 0.2) is 43.0 Å². The third kappa shape index (κ3) is 2.40. The van der Waals surface area contributed by atoms with Crippen molar-refractivity contribution in [3.05, 3.63) is 76.4 Å². The summed E-state index contributed by atoms with van der Waals surface area (Å²) < 4.78 is 0. The monoisotopic (exact) mass is 258 g/mol. The fourth-order valence-corrected chi connectivity index (χ4v) is 2.91. The lowest BCUT2D eigenvalue weighted by molar-refractivity contribution is 0.916. The average Bonchev–Trinajstić information content (AvgIpc) is 2.49. The van der Waals surface area contributed by atoms with E-state index in [-0.39, 0.29) is 0 Å². The van der Waals surface area contributed by atoms with Crippen LogP contribution >= 0.6 is 0 Å². The van der Waals surface area contributed by atoms with Gasteiger partial charge in [0.05, 0.1) is 0 Å². The first kappa shape index (κ1) is 12.8. The Labute approximate surface area is 121 Å². The van der Waals surface area contributed by atoms with E-state index in [1.165, 1.54) is 27.8 Å². The predicted octanol–water partition coefficient (Wildman–Crippen LogP) is 4.19. The van der Waals surface area contributed by atoms with Crippen molar-refractivity contribution >= 4 is 6.08 Å². The summed E-state index contributed by atoms with van der Waals surface area (Å²) in [5.74, 6) is 2.84. The maximum Gasteiger partial charge on any atom is 0.0277 e. The molecule has 0 fully saturated rings. The third-order valence-electron chi connectivity index (χ3n) is 4.13. The zero-order valence-corrected chi connectivity index (χ0v) is 11.7. The second kappa shape index (κ2) is 5.39. The molecule has 0 radical (unpaired) electrons. The van der Waals surface area contributed by atoms with E-state index in [1.807, 2.05) is 6.08 Å². The van der Waals surface area contributed by atoms with Crippen molar-refractivity contribution in [1.29, 1.82) is 0 Å². The Hall–Kier alpha value is -2.26. The van der Waals surface area contributed by atoms with Gasteiger partial charge in [0.25, 0.3) is 0 Å². The van der Waals surface area contributed by atoms with Crippen molar-refractivity contribution in [3.63, 3.8) is 0 Å². The van der Waals surface area contributed by atoms with Crippen LogP contribution in [0.5, 0.6) is 0 Å². The molecule has 0 aliphatic heterocycles. The van der Waals surface area contributed by atoms with E-state index < -0.39 is 0 Å². The fraction of sp³-hybridized carbons (Fsp3) is 0.200. The van der Waals surface area contributed by atoms with Crippen molar-refractivity contribution in [2.45, 2.75) is 25.7 Å². The van der Waals surface area contributed by atoms with Crippen LogP contribution in [-0.4, -0.2) is 0 Å². The van der Waals surface area contributed by atoms with Crippen LogP contribution in [0.4, 0.5) is 0 Å². The van der Waals surface area contributed by atoms with Crippen LogP contribution < -0.4 is 0 Å². The number of terminal acetylenes is 1. The van der Waals surface area contributed by atoms with Crippen LogP contribution in [-0.2, 0) is 25.7 Å². The minimum absolute atomic E-state index is 0.986. The van der Waals surface area contributed by atoms with Crippen LogP contribution in [0.3, 0.4) is 0 Å². The molecule has 2 aromatic rings. The second-order valence-corrected chi connectivity index (χ2v) is 5.37. The van der Waals surface area contributed by atoms with E-state index in [0.29, 0.717) is 0 Å². The van der Waals surface area contributed by atoms with E-state index in [9.17, 15) is 0 Å². The molecule has 0 aromatic heterocycles. The highest BCUT2D eigenvalue weighted by atomic mass is 14.1. The molecule has 0 atom stereocenters. The third-order valence-corrected chi connectivity index (χ3v) is 4.13. The minimum atomic E-state index is 0.986. The molecule has 0 saturated carbocycles. The molecule has 20 heavy (non-hydrogen) atoms. The van der Waals surface area contributed by atoms with Crippen molar-refractivity contribution in [2.75, 3.05) is 0 Å². The standard InChI is InChI=1S/C20H18/c1-3-17-13-15-5-6-16-8-10-20(18(4-2)14-16)12-11-19(17)9-7-15/h1,4,7-10,13-14H,2,5-6,11-12H2. The SMILES string of the molecule is C#Cc1cc2ccc1CCc1ccc(cc1C=C)CC2. The lowest BCUT2D eigenvalue weighted by Crippen LogP contribution is -2.02. The molecule has 98 valence electrons. The van der Waals surface area contributed by atoms with Gasteiger partial charge in [-0.25, -0.2) is 0 Å². The smallest absolute Gasteiger partial charge is 0.0277 e. The first-order valence-corrected chi connectivity index (χ1v) is 7.13. The van der Waals surface area contributed by atoms with Crippen molar-refractivity contribution < 1.29 is 0 Å². The quantitative estimate of drug-likeness (QED) is 0.673. The van der Waals surface area contributed by atoms with Crippen LogP contribution in [0, 0.1) is 12.3 Å². The molecule has 6 rings (SSSR count). The van der Waals surface area contributed by atoms with Gasteiger partial charge in [-0.05, 0) is 59.6 Å². The Bertz CT molecular complexity index is 698. The van der Waals surface area contributed by atoms with Gasteiger partial charge in [-0.1, -0.05) is 48.9 Å². The summed E-state index contributed by atoms with van der Waals surface area (Å²) in [5.41, 5.74) is 7.65. The van der Waals surface area contributed by atoms with Gasteiger partial charge in [0, 0.05) is 5.56 Å². The first-order chi connectivity index (χ1) is 9.80. The Morgan fingerprint density at radius 1 is 0.900 bits per heavy atom. The summed E-state index contributed by atoms with van der Waals surface area (Å²) in [5, 5.41) is 0. The molecule has 4 aliphatic rings. The van der Waals surface area contributed by atoms with Gasteiger partial charge in [0.1, 0.15) is 0 Å². The van der Waals surface area contributed by atoms with Gasteiger partial charge in [0.2, 0.25) is 0 Å². The summed E-state index contributed by atoms with van der Waals surface area (Å²) in [6, 6.07) is 13.4. The first-order valence-electron chi connectivity index (χ1n) is 7.13. The van der Waals surface area contributed by atoms with E-state index in [1.54, 1.807) is 0 Å². The highest BCUT2D eigenvalue weighted by Gasteiger charge is 2.08. The molecule has 0 saturated heterocycles. The predicted molar refractivity (Wildman–Crippen MR) is 85.7 cm³/mol. The summed E-state index contributed by atoms with van der Waals surface area (Å²) in [7, 11) is 0. The summed E-state index contributed by atoms with van der Waals surface area (Å²) >= 11 is 0. The van der Waals surface area contributed by atoms with E-state index in [2.05, 4.69) is 48.9 Å². The Kier molecular flexibility index (Phi) is 3.44. The van der Waals surface area contributed by atoms with Crippen molar-refractivity contribution in [2.24, 2.45) is 0 Å². The average molecular weight is 258 g/mol. The Morgan fingerprint density at radius 2 is 1.55 bits per heavy atom. The van der Waals surface area contributed by atoms with Gasteiger partial charge in [0.15, 0.2) is 0 Å². The molecule has 0 N–H and O–H groups in total. The zero-order chi connectivity index (χ0) is 13.9. The topological polar surface area (TPSA) is 0 Å². The number of aryl methyl sites for hydroxylation is 4. The van der Waals surface area contributed by atoms with E-state index in [0.717, 1.165) is 31.2 Å². The summed E-state index contributed by atoms with van der Waals surface area (Å²) in [4.78, 5) is 0. The summed E-state index contributed by atoms with van der Waals surface area (Å²) in [6.07, 6.45) is 11.7. The fourth-order valence-electron chi connectivity index (χ4n) is 2.91. The highest BCUT2D eigenvalue weighted by molar-refractivity contribution is 5.54. The highest BCUT2D eigenvalue weighted by Crippen LogP contribution is 2.21. The molecule has 0 heteroatoms. The number of hydrogen-bond donors (Lipinski definition) is 0. The molecular formula is C20H18. The molecule has 0 heterocycles. The second-order valence-electron chi connectivity index (χ2n) is 5.37. The molecule has 0 unspecified atom stereocenters. The maximum absolute atomic E-state index is 5.66. The molecular weight excluding hydrogens is 240 g/mol. The van der Waals surface area contributed by atoms with Gasteiger partial charge in [-0.15, -0.1) is 6.42 Å². The number of hydrogen-bond acceptors (Lipinski definition) is 0. The van der Waals surface area contributed by atoms with Crippen molar-refractivity contribution in [1.82, 2.24) is 0 Å². The van der Waals surface area contributed by atoms with Gasteiger partial charge >= 0.3 is 0 Å². The Morgan fingerprint density at radius 3 is 2.25 bits per heavy atom. The van der Waals surface area contributed by atoms with Crippen molar-refractivity contribution in [3.8, 4) is 12.3 Å². The Balaban J connectivity index is 2.07. The van der Waals surface area contributed by atoms with Gasteiger partial charge < -0.3 is 0 Å². The van der Waals surface area contributed by atoms with Crippen LogP contribution in [0.1, 0.15) is 33.4 Å². The van der Waals surface area contributed by atoms with Gasteiger partial charge in [-0.2, -0.15) is 0 Å².